The normalized spacial score (nSPS) is 31.2. The van der Waals surface area contributed by atoms with Gasteiger partial charge in [0, 0.05) is 6.54 Å². The molecule has 1 aromatic carbocycles. The fourth-order valence-electron chi connectivity index (χ4n) is 4.33. The van der Waals surface area contributed by atoms with Crippen LogP contribution in [0.25, 0.3) is 0 Å². The van der Waals surface area contributed by atoms with Crippen molar-refractivity contribution in [1.82, 2.24) is 4.90 Å². The zero-order chi connectivity index (χ0) is 19.0. The van der Waals surface area contributed by atoms with Gasteiger partial charge in [-0.15, -0.1) is 0 Å². The monoisotopic (exact) mass is 447 g/mol. The smallest absolute Gasteiger partial charge is 0.341 e. The molecule has 4 fully saturated rings. The average Bonchev–Trinajstić information content (AvgIpc) is 3.47. The first-order valence-corrected chi connectivity index (χ1v) is 10.00. The molecule has 0 spiro atoms. The number of rotatable bonds is 2. The Morgan fingerprint density at radius 2 is 1.36 bits per heavy atom. The van der Waals surface area contributed by atoms with Gasteiger partial charge >= 0.3 is 26.2 Å². The summed E-state index contributed by atoms with van der Waals surface area (Å²) in [6.07, 6.45) is 23.9. The van der Waals surface area contributed by atoms with Gasteiger partial charge in [0.15, 0.2) is 0 Å². The van der Waals surface area contributed by atoms with E-state index in [0.29, 0.717) is 12.0 Å². The van der Waals surface area contributed by atoms with E-state index in [-0.39, 0.29) is 31.6 Å². The topological polar surface area (TPSA) is 3.24 Å². The van der Waals surface area contributed by atoms with Crippen LogP contribution in [-0.4, -0.2) is 17.5 Å². The van der Waals surface area contributed by atoms with E-state index in [4.69, 9.17) is 0 Å². The van der Waals surface area contributed by atoms with Crippen LogP contribution in [0.1, 0.15) is 24.8 Å². The van der Waals surface area contributed by atoms with Crippen molar-refractivity contribution in [2.45, 2.75) is 31.8 Å². The van der Waals surface area contributed by atoms with Crippen molar-refractivity contribution < 1.29 is 26.2 Å². The first-order chi connectivity index (χ1) is 13.2. The first-order valence-electron chi connectivity index (χ1n) is 10.00. The van der Waals surface area contributed by atoms with Gasteiger partial charge in [-0.25, -0.2) is 0 Å². The summed E-state index contributed by atoms with van der Waals surface area (Å²) in [6.45, 7) is 11.0. The predicted octanol–water partition coefficient (Wildman–Crippen LogP) is 5.37. The van der Waals surface area contributed by atoms with Gasteiger partial charge in [-0.05, 0) is 88.8 Å². The molecule has 0 N–H and O–H groups in total. The number of fused-ring (bicyclic) bond motifs is 1. The predicted molar refractivity (Wildman–Crippen MR) is 114 cm³/mol. The van der Waals surface area contributed by atoms with Crippen molar-refractivity contribution >= 4 is 0 Å². The molecule has 0 bridgehead atoms. The Hall–Kier alpha value is 0.0631. The maximum Gasteiger partial charge on any atom is 4.00 e. The van der Waals surface area contributed by atoms with Crippen LogP contribution in [0, 0.1) is 89.4 Å². The SMILES string of the molecule is [CH2-][C@@H]1CN(Cc2ccccc2)[C@@H]2CCC[C@]12[CH2-].[CH]1[CH][CH][CH][CH]1.[CH]1[CH][CH][CH][CH]1.[Zr+4]. The summed E-state index contributed by atoms with van der Waals surface area (Å²) in [5, 5.41) is 0. The summed E-state index contributed by atoms with van der Waals surface area (Å²) >= 11 is 0. The van der Waals surface area contributed by atoms with Crippen molar-refractivity contribution in [3.05, 3.63) is 114 Å². The van der Waals surface area contributed by atoms with Gasteiger partial charge < -0.3 is 18.7 Å². The van der Waals surface area contributed by atoms with Crippen LogP contribution < -0.4 is 0 Å². The maximum absolute atomic E-state index is 4.50. The summed E-state index contributed by atoms with van der Waals surface area (Å²) in [7, 11) is 0. The van der Waals surface area contributed by atoms with Crippen LogP contribution in [0.15, 0.2) is 30.3 Å². The summed E-state index contributed by atoms with van der Waals surface area (Å²) in [5.74, 6) is 0.499. The van der Waals surface area contributed by atoms with E-state index >= 15 is 0 Å². The molecule has 1 nitrogen and oxygen atoms in total. The molecule has 1 heterocycles. The molecule has 5 rings (SSSR count). The fraction of sp³-hybridized carbons (Fsp3) is 0.308. The molecule has 10 radical (unpaired) electrons. The standard InChI is InChI=1S/C16H21N.2C5H5.Zr/c1-13-11-17(12-14-7-4-3-5-8-14)15-9-6-10-16(13,15)2;2*1-2-4-5-3-1;/h3-5,7-8,13,15H,1-2,6,9-12H2;2*1-5H;/q-2;;;+4/t13-,15-,16-;;;/m1.../s1. The van der Waals surface area contributed by atoms with Crippen LogP contribution in [-0.2, 0) is 32.7 Å². The van der Waals surface area contributed by atoms with Gasteiger partial charge in [0.2, 0.25) is 0 Å². The molecule has 0 unspecified atom stereocenters. The number of hydrogen-bond donors (Lipinski definition) is 0. The fourth-order valence-corrected chi connectivity index (χ4v) is 4.33. The average molecular weight is 449 g/mol. The molecule has 1 aromatic rings. The van der Waals surface area contributed by atoms with E-state index in [0.717, 1.165) is 13.1 Å². The van der Waals surface area contributed by atoms with Crippen molar-refractivity contribution in [1.29, 1.82) is 0 Å². The molecule has 1 saturated heterocycles. The summed E-state index contributed by atoms with van der Waals surface area (Å²) < 4.78 is 0. The van der Waals surface area contributed by atoms with Crippen molar-refractivity contribution in [2.75, 3.05) is 6.54 Å². The van der Waals surface area contributed by atoms with Crippen molar-refractivity contribution in [3.63, 3.8) is 0 Å². The Kier molecular flexibility index (Phi) is 11.0. The molecule has 142 valence electrons. The Balaban J connectivity index is 0.000000209. The molecule has 28 heavy (non-hydrogen) atoms. The number of likely N-dealkylation sites (tertiary alicyclic amines) is 1. The van der Waals surface area contributed by atoms with E-state index in [1.807, 2.05) is 64.2 Å². The van der Waals surface area contributed by atoms with E-state index < -0.39 is 0 Å². The second-order valence-corrected chi connectivity index (χ2v) is 7.68. The molecule has 3 atom stereocenters. The number of nitrogens with zero attached hydrogens (tertiary/aromatic N) is 1. The second-order valence-electron chi connectivity index (χ2n) is 7.68. The van der Waals surface area contributed by atoms with Crippen LogP contribution in [0.3, 0.4) is 0 Å². The third-order valence-electron chi connectivity index (χ3n) is 5.83. The van der Waals surface area contributed by atoms with E-state index in [1.165, 1.54) is 24.8 Å². The van der Waals surface area contributed by atoms with E-state index in [9.17, 15) is 0 Å². The largest absolute Gasteiger partial charge is 4.00 e. The molecule has 4 aliphatic rings. The van der Waals surface area contributed by atoms with Gasteiger partial charge in [-0.2, -0.15) is 11.3 Å². The second kappa shape index (κ2) is 12.7. The molecular weight excluding hydrogens is 418 g/mol. The number of hydrogen-bond acceptors (Lipinski definition) is 1. The first kappa shape index (κ1) is 24.3. The van der Waals surface area contributed by atoms with Crippen LogP contribution in [0.5, 0.6) is 0 Å². The Bertz CT molecular complexity index is 497. The van der Waals surface area contributed by atoms with Gasteiger partial charge in [0.1, 0.15) is 0 Å². The van der Waals surface area contributed by atoms with Crippen LogP contribution in [0.2, 0.25) is 0 Å². The van der Waals surface area contributed by atoms with Crippen LogP contribution in [0.4, 0.5) is 0 Å². The minimum absolute atomic E-state index is 0. The van der Waals surface area contributed by atoms with E-state index in [2.05, 4.69) is 49.1 Å². The van der Waals surface area contributed by atoms with Crippen LogP contribution >= 0.6 is 0 Å². The quantitative estimate of drug-likeness (QED) is 0.550. The van der Waals surface area contributed by atoms with Gasteiger partial charge in [-0.3, -0.25) is 0 Å². The minimum Gasteiger partial charge on any atom is -0.341 e. The summed E-state index contributed by atoms with van der Waals surface area (Å²) in [5.41, 5.74) is 1.64. The molecule has 1 aliphatic heterocycles. The van der Waals surface area contributed by atoms with Gasteiger partial charge in [0.05, 0.1) is 0 Å². The van der Waals surface area contributed by atoms with E-state index in [1.54, 1.807) is 0 Å². The third-order valence-corrected chi connectivity index (χ3v) is 5.83. The molecule has 2 heteroatoms. The van der Waals surface area contributed by atoms with Gasteiger partial charge in [0.25, 0.3) is 0 Å². The molecular formula is C26H31NZr+2. The summed E-state index contributed by atoms with van der Waals surface area (Å²) in [6, 6.07) is 11.4. The minimum atomic E-state index is 0. The molecule has 0 aromatic heterocycles. The Morgan fingerprint density at radius 1 is 0.857 bits per heavy atom. The zero-order valence-electron chi connectivity index (χ0n) is 16.7. The number of benzene rings is 1. The Morgan fingerprint density at radius 3 is 1.86 bits per heavy atom. The Labute approximate surface area is 194 Å². The third kappa shape index (κ3) is 6.80. The van der Waals surface area contributed by atoms with Crippen molar-refractivity contribution in [2.24, 2.45) is 11.3 Å². The van der Waals surface area contributed by atoms with Crippen molar-refractivity contribution in [3.8, 4) is 0 Å². The van der Waals surface area contributed by atoms with Gasteiger partial charge in [-0.1, -0.05) is 43.2 Å². The molecule has 3 saturated carbocycles. The molecule has 0 amide bonds. The zero-order valence-corrected chi connectivity index (χ0v) is 19.2. The summed E-state index contributed by atoms with van der Waals surface area (Å²) in [4.78, 5) is 2.60. The maximum atomic E-state index is 4.50. The molecule has 3 aliphatic carbocycles.